The van der Waals surface area contributed by atoms with Gasteiger partial charge in [0.1, 0.15) is 5.82 Å². The molecule has 0 bridgehead atoms. The molecule has 1 atom stereocenters. The van der Waals surface area contributed by atoms with E-state index in [-0.39, 0.29) is 5.82 Å². The van der Waals surface area contributed by atoms with Gasteiger partial charge in [0, 0.05) is 35.7 Å². The smallest absolute Gasteiger partial charge is 0.128 e. The minimum absolute atomic E-state index is 0.110. The monoisotopic (exact) mass is 328 g/mol. The van der Waals surface area contributed by atoms with Crippen molar-refractivity contribution in [2.75, 3.05) is 26.2 Å². The summed E-state index contributed by atoms with van der Waals surface area (Å²) in [6.45, 7) is 9.45. The number of halogens is 2. The molecule has 0 N–H and O–H groups in total. The van der Waals surface area contributed by atoms with Crippen molar-refractivity contribution >= 4 is 15.9 Å². The van der Waals surface area contributed by atoms with Gasteiger partial charge in [-0.3, -0.25) is 9.80 Å². The van der Waals surface area contributed by atoms with Crippen molar-refractivity contribution in [2.45, 2.75) is 32.9 Å². The molecule has 0 radical (unpaired) electrons. The zero-order chi connectivity index (χ0) is 13.8. The van der Waals surface area contributed by atoms with E-state index < -0.39 is 0 Å². The number of hydrogen-bond acceptors (Lipinski definition) is 2. The highest BCUT2D eigenvalue weighted by Crippen LogP contribution is 2.21. The average molecular weight is 329 g/mol. The first-order valence-corrected chi connectivity index (χ1v) is 7.83. The quantitative estimate of drug-likeness (QED) is 0.816. The van der Waals surface area contributed by atoms with Crippen LogP contribution in [-0.4, -0.2) is 42.0 Å². The molecule has 19 heavy (non-hydrogen) atoms. The standard InChI is InChI=1S/C15H22BrFN2/c1-3-19(4-2)14-7-8-18(11-14)10-12-5-6-13(16)9-15(12)17/h5-6,9,14H,3-4,7-8,10-11H2,1-2H3. The molecule has 1 saturated heterocycles. The Morgan fingerprint density at radius 2 is 2.11 bits per heavy atom. The summed E-state index contributed by atoms with van der Waals surface area (Å²) in [5.41, 5.74) is 0.795. The van der Waals surface area contributed by atoms with Gasteiger partial charge in [-0.25, -0.2) is 4.39 Å². The number of nitrogens with zero attached hydrogens (tertiary/aromatic N) is 2. The zero-order valence-corrected chi connectivity index (χ0v) is 13.3. The maximum absolute atomic E-state index is 13.8. The first kappa shape index (κ1) is 14.9. The van der Waals surface area contributed by atoms with Crippen LogP contribution in [0.3, 0.4) is 0 Å². The maximum Gasteiger partial charge on any atom is 0.128 e. The van der Waals surface area contributed by atoms with Crippen molar-refractivity contribution in [3.63, 3.8) is 0 Å². The minimum Gasteiger partial charge on any atom is -0.300 e. The van der Waals surface area contributed by atoms with Gasteiger partial charge in [0.15, 0.2) is 0 Å². The Kier molecular flexibility index (Phi) is 5.37. The molecule has 2 nitrogen and oxygen atoms in total. The van der Waals surface area contributed by atoms with Gasteiger partial charge < -0.3 is 0 Å². The van der Waals surface area contributed by atoms with E-state index in [1.165, 1.54) is 6.42 Å². The Morgan fingerprint density at radius 1 is 1.37 bits per heavy atom. The van der Waals surface area contributed by atoms with E-state index >= 15 is 0 Å². The summed E-state index contributed by atoms with van der Waals surface area (Å²) in [6, 6.07) is 5.97. The number of likely N-dealkylation sites (tertiary alicyclic amines) is 1. The molecule has 1 heterocycles. The number of hydrogen-bond donors (Lipinski definition) is 0. The fraction of sp³-hybridized carbons (Fsp3) is 0.600. The number of benzene rings is 1. The van der Waals surface area contributed by atoms with Crippen molar-refractivity contribution in [2.24, 2.45) is 0 Å². The van der Waals surface area contributed by atoms with E-state index in [1.54, 1.807) is 6.07 Å². The maximum atomic E-state index is 13.8. The van der Waals surface area contributed by atoms with Crippen molar-refractivity contribution in [3.05, 3.63) is 34.1 Å². The van der Waals surface area contributed by atoms with E-state index in [9.17, 15) is 4.39 Å². The van der Waals surface area contributed by atoms with Gasteiger partial charge in [-0.1, -0.05) is 35.8 Å². The third kappa shape index (κ3) is 3.77. The van der Waals surface area contributed by atoms with Crippen LogP contribution in [0.15, 0.2) is 22.7 Å². The lowest BCUT2D eigenvalue weighted by Gasteiger charge is -2.26. The first-order chi connectivity index (χ1) is 9.13. The second kappa shape index (κ2) is 6.82. The Hall–Kier alpha value is -0.450. The van der Waals surface area contributed by atoms with Gasteiger partial charge in [0.25, 0.3) is 0 Å². The Labute approximate surface area is 123 Å². The number of likely N-dealkylation sites (N-methyl/N-ethyl adjacent to an activating group) is 1. The van der Waals surface area contributed by atoms with Gasteiger partial charge in [-0.15, -0.1) is 0 Å². The zero-order valence-electron chi connectivity index (χ0n) is 11.7. The molecule has 0 spiro atoms. The summed E-state index contributed by atoms with van der Waals surface area (Å²) in [6.07, 6.45) is 1.19. The fourth-order valence-corrected chi connectivity index (χ4v) is 3.22. The van der Waals surface area contributed by atoms with Gasteiger partial charge in [0.2, 0.25) is 0 Å². The minimum atomic E-state index is -0.110. The van der Waals surface area contributed by atoms with E-state index in [4.69, 9.17) is 0 Å². The van der Waals surface area contributed by atoms with Gasteiger partial charge in [-0.2, -0.15) is 0 Å². The van der Waals surface area contributed by atoms with E-state index in [2.05, 4.69) is 39.6 Å². The Balaban J connectivity index is 1.94. The molecule has 1 aliphatic heterocycles. The van der Waals surface area contributed by atoms with Crippen molar-refractivity contribution in [1.82, 2.24) is 9.80 Å². The molecule has 0 saturated carbocycles. The molecule has 2 rings (SSSR count). The lowest BCUT2D eigenvalue weighted by Crippen LogP contribution is -2.37. The predicted octanol–water partition coefficient (Wildman–Crippen LogP) is 3.50. The van der Waals surface area contributed by atoms with Crippen LogP contribution in [0.2, 0.25) is 0 Å². The van der Waals surface area contributed by atoms with Crippen molar-refractivity contribution < 1.29 is 4.39 Å². The topological polar surface area (TPSA) is 6.48 Å². The SMILES string of the molecule is CCN(CC)C1CCN(Cc2ccc(Br)cc2F)C1. The molecule has 0 amide bonds. The second-order valence-corrected chi connectivity index (χ2v) is 6.05. The molecule has 1 aromatic rings. The van der Waals surface area contributed by atoms with Gasteiger partial charge >= 0.3 is 0 Å². The largest absolute Gasteiger partial charge is 0.300 e. The molecule has 1 fully saturated rings. The Bertz CT molecular complexity index is 421. The summed E-state index contributed by atoms with van der Waals surface area (Å²) >= 11 is 3.30. The highest BCUT2D eigenvalue weighted by Gasteiger charge is 2.26. The molecule has 1 unspecified atom stereocenters. The molecule has 106 valence electrons. The second-order valence-electron chi connectivity index (χ2n) is 5.13. The van der Waals surface area contributed by atoms with Crippen LogP contribution in [0.4, 0.5) is 4.39 Å². The molecule has 4 heteroatoms. The first-order valence-electron chi connectivity index (χ1n) is 7.04. The summed E-state index contributed by atoms with van der Waals surface area (Å²) in [5, 5.41) is 0. The van der Waals surface area contributed by atoms with Gasteiger partial charge in [0.05, 0.1) is 0 Å². The third-order valence-corrected chi connectivity index (χ3v) is 4.48. The highest BCUT2D eigenvalue weighted by molar-refractivity contribution is 9.10. The molecular weight excluding hydrogens is 307 g/mol. The molecular formula is C15H22BrFN2. The van der Waals surface area contributed by atoms with Crippen LogP contribution < -0.4 is 0 Å². The van der Waals surface area contributed by atoms with Crippen LogP contribution in [0, 0.1) is 5.82 Å². The average Bonchev–Trinajstić information content (AvgIpc) is 2.83. The van der Waals surface area contributed by atoms with Crippen LogP contribution in [0.25, 0.3) is 0 Å². The highest BCUT2D eigenvalue weighted by atomic mass is 79.9. The van der Waals surface area contributed by atoms with Crippen LogP contribution in [0.5, 0.6) is 0 Å². The van der Waals surface area contributed by atoms with Crippen LogP contribution >= 0.6 is 15.9 Å². The van der Waals surface area contributed by atoms with Crippen LogP contribution in [-0.2, 0) is 6.54 Å². The number of rotatable bonds is 5. The lowest BCUT2D eigenvalue weighted by atomic mass is 10.2. The van der Waals surface area contributed by atoms with E-state index in [0.717, 1.165) is 42.8 Å². The molecule has 0 aliphatic carbocycles. The molecule has 1 aromatic carbocycles. The summed E-state index contributed by atoms with van der Waals surface area (Å²) in [5.74, 6) is -0.110. The summed E-state index contributed by atoms with van der Waals surface area (Å²) in [7, 11) is 0. The summed E-state index contributed by atoms with van der Waals surface area (Å²) in [4.78, 5) is 4.85. The predicted molar refractivity (Wildman–Crippen MR) is 80.7 cm³/mol. The Morgan fingerprint density at radius 3 is 2.74 bits per heavy atom. The lowest BCUT2D eigenvalue weighted by molar-refractivity contribution is 0.208. The van der Waals surface area contributed by atoms with Crippen molar-refractivity contribution in [1.29, 1.82) is 0 Å². The van der Waals surface area contributed by atoms with Crippen molar-refractivity contribution in [3.8, 4) is 0 Å². The summed E-state index contributed by atoms with van der Waals surface area (Å²) < 4.78 is 14.6. The molecule has 1 aliphatic rings. The van der Waals surface area contributed by atoms with Crippen LogP contribution in [0.1, 0.15) is 25.8 Å². The molecule has 0 aromatic heterocycles. The van der Waals surface area contributed by atoms with E-state index in [1.807, 2.05) is 12.1 Å². The van der Waals surface area contributed by atoms with Gasteiger partial charge in [-0.05, 0) is 31.6 Å². The normalized spacial score (nSPS) is 20.4. The van der Waals surface area contributed by atoms with E-state index in [0.29, 0.717) is 6.04 Å². The third-order valence-electron chi connectivity index (χ3n) is 3.99. The fourth-order valence-electron chi connectivity index (χ4n) is 2.88.